The normalized spacial score (nSPS) is 11.3. The molecule has 2 heterocycles. The number of hydrogen-bond donors (Lipinski definition) is 1. The molecule has 0 aliphatic heterocycles. The van der Waals surface area contributed by atoms with Gasteiger partial charge < -0.3 is 9.80 Å². The maximum atomic E-state index is 13.7. The first-order chi connectivity index (χ1) is 15.2. The summed E-state index contributed by atoms with van der Waals surface area (Å²) in [6.07, 6.45) is 4.05. The van der Waals surface area contributed by atoms with Crippen molar-refractivity contribution in [2.75, 3.05) is 33.5 Å². The van der Waals surface area contributed by atoms with E-state index in [0.717, 1.165) is 0 Å². The highest BCUT2D eigenvalue weighted by molar-refractivity contribution is 6.11. The summed E-state index contributed by atoms with van der Waals surface area (Å²) in [4.78, 5) is 44.5. The largest absolute Gasteiger partial charge is 0.369 e. The van der Waals surface area contributed by atoms with Crippen LogP contribution in [0.25, 0.3) is 22.2 Å². The Morgan fingerprint density at radius 3 is 2.44 bits per heavy atom. The number of carbonyl (C=O) groups excluding carboxylic acids is 2. The van der Waals surface area contributed by atoms with E-state index in [2.05, 4.69) is 25.3 Å². The molecule has 0 unspecified atom stereocenters. The van der Waals surface area contributed by atoms with E-state index in [0.29, 0.717) is 16.6 Å². The first kappa shape index (κ1) is 22.5. The summed E-state index contributed by atoms with van der Waals surface area (Å²) in [6.45, 7) is 0. The van der Waals surface area contributed by atoms with Crippen molar-refractivity contribution in [3.05, 3.63) is 54.0 Å². The smallest absolute Gasteiger partial charge is 0.347 e. The van der Waals surface area contributed by atoms with E-state index >= 15 is 0 Å². The number of rotatable bonds is 5. The molecule has 0 saturated carbocycles. The van der Waals surface area contributed by atoms with Crippen LogP contribution in [0.15, 0.2) is 52.6 Å². The van der Waals surface area contributed by atoms with Crippen molar-refractivity contribution >= 4 is 41.3 Å². The minimum absolute atomic E-state index is 0.118. The average Bonchev–Trinajstić information content (AvgIpc) is 2.76. The number of halogens is 1. The average molecular weight is 435 g/mol. The molecule has 0 atom stereocenters. The number of aliphatic imine (C=N–C) groups is 2. The minimum atomic E-state index is -0.657. The number of amides is 3. The van der Waals surface area contributed by atoms with Crippen LogP contribution in [0.2, 0.25) is 0 Å². The second-order valence-electron chi connectivity index (χ2n) is 7.28. The minimum Gasteiger partial charge on any atom is -0.369 e. The molecule has 3 aromatic rings. The molecule has 1 N–H and O–H groups in total. The van der Waals surface area contributed by atoms with E-state index in [-0.39, 0.29) is 16.9 Å². The van der Waals surface area contributed by atoms with Crippen molar-refractivity contribution in [2.45, 2.75) is 0 Å². The summed E-state index contributed by atoms with van der Waals surface area (Å²) < 4.78 is 13.7. The van der Waals surface area contributed by atoms with Crippen LogP contribution >= 0.6 is 0 Å². The number of nitrogens with zero attached hydrogens (tertiary/aromatic N) is 6. The Balaban J connectivity index is 2.12. The predicted octanol–water partition coefficient (Wildman–Crippen LogP) is 3.29. The monoisotopic (exact) mass is 435 g/mol. The number of urea groups is 1. The molecule has 2 aromatic heterocycles. The van der Waals surface area contributed by atoms with Gasteiger partial charge in [0.1, 0.15) is 11.3 Å². The van der Waals surface area contributed by atoms with Gasteiger partial charge in [0.15, 0.2) is 5.82 Å². The van der Waals surface area contributed by atoms with Gasteiger partial charge in [0.2, 0.25) is 0 Å². The van der Waals surface area contributed by atoms with E-state index in [9.17, 15) is 14.0 Å². The van der Waals surface area contributed by atoms with Crippen molar-refractivity contribution in [3.8, 4) is 11.3 Å². The molecule has 0 aliphatic carbocycles. The Morgan fingerprint density at radius 1 is 1.03 bits per heavy atom. The lowest BCUT2D eigenvalue weighted by atomic mass is 10.1. The maximum Gasteiger partial charge on any atom is 0.347 e. The van der Waals surface area contributed by atoms with Crippen molar-refractivity contribution in [1.29, 1.82) is 0 Å². The summed E-state index contributed by atoms with van der Waals surface area (Å²) in [6, 6.07) is 8.64. The Bertz CT molecular complexity index is 1220. The molecule has 10 heteroatoms. The molecular formula is C22H22FN7O2. The number of benzene rings is 1. The molecule has 0 spiro atoms. The highest BCUT2D eigenvalue weighted by atomic mass is 19.1. The van der Waals surface area contributed by atoms with Gasteiger partial charge in [0.05, 0.1) is 23.9 Å². The van der Waals surface area contributed by atoms with Crippen molar-refractivity contribution in [3.63, 3.8) is 0 Å². The third-order valence-electron chi connectivity index (χ3n) is 4.12. The van der Waals surface area contributed by atoms with Crippen molar-refractivity contribution < 1.29 is 14.0 Å². The van der Waals surface area contributed by atoms with Crippen LogP contribution in [0.1, 0.15) is 10.4 Å². The van der Waals surface area contributed by atoms with Crippen LogP contribution in [0.5, 0.6) is 0 Å². The molecule has 0 saturated heterocycles. The summed E-state index contributed by atoms with van der Waals surface area (Å²) >= 11 is 0. The fourth-order valence-corrected chi connectivity index (χ4v) is 2.73. The van der Waals surface area contributed by atoms with Crippen LogP contribution in [0.4, 0.5) is 15.0 Å². The number of anilines is 1. The first-order valence-corrected chi connectivity index (χ1v) is 9.57. The van der Waals surface area contributed by atoms with Crippen molar-refractivity contribution in [2.24, 2.45) is 9.98 Å². The molecule has 1 aromatic carbocycles. The summed E-state index contributed by atoms with van der Waals surface area (Å²) in [5.74, 6) is -0.802. The lowest BCUT2D eigenvalue weighted by Gasteiger charge is -2.11. The summed E-state index contributed by atoms with van der Waals surface area (Å²) in [5, 5.41) is 3.02. The van der Waals surface area contributed by atoms with E-state index in [4.69, 9.17) is 0 Å². The van der Waals surface area contributed by atoms with Gasteiger partial charge in [-0.25, -0.2) is 19.2 Å². The molecular weight excluding hydrogens is 413 g/mol. The molecule has 3 amide bonds. The number of carbonyl (C=O) groups is 2. The topological polar surface area (TPSA) is 103 Å². The lowest BCUT2D eigenvalue weighted by Crippen LogP contribution is -2.14. The number of fused-ring (bicyclic) bond motifs is 1. The third kappa shape index (κ3) is 5.48. The van der Waals surface area contributed by atoms with Crippen LogP contribution in [-0.2, 0) is 0 Å². The van der Waals surface area contributed by atoms with Gasteiger partial charge in [-0.15, -0.1) is 0 Å². The zero-order chi connectivity index (χ0) is 23.3. The standard InChI is InChI=1S/C22H22FN7O2/c1-29(2)12-25-21(31)17-11-24-20(28-22(32)26-13-30(3)4)19-16(17)8-9-18(27-19)14-6-5-7-15(23)10-14/h5-13H,1-4H3,(H,24,28,32)/b25-12?,26-13+. The van der Waals surface area contributed by atoms with E-state index in [1.54, 1.807) is 62.3 Å². The fraction of sp³-hybridized carbons (Fsp3) is 0.182. The quantitative estimate of drug-likeness (QED) is 0.487. The van der Waals surface area contributed by atoms with Gasteiger partial charge in [-0.05, 0) is 24.3 Å². The fourth-order valence-electron chi connectivity index (χ4n) is 2.73. The molecule has 32 heavy (non-hydrogen) atoms. The number of hydrogen-bond acceptors (Lipinski definition) is 4. The summed E-state index contributed by atoms with van der Waals surface area (Å²) in [5.41, 5.74) is 1.46. The van der Waals surface area contributed by atoms with Crippen LogP contribution in [0, 0.1) is 5.82 Å². The molecule has 0 fully saturated rings. The second kappa shape index (κ2) is 9.73. The molecule has 0 radical (unpaired) electrons. The SMILES string of the molecule is CN(C)C=NC(=O)c1cnc(NC(=O)/N=C/N(C)C)c2nc(-c3cccc(F)c3)ccc12. The maximum absolute atomic E-state index is 13.7. The van der Waals surface area contributed by atoms with Crippen LogP contribution in [-0.4, -0.2) is 72.6 Å². The number of nitrogens with one attached hydrogen (secondary N) is 1. The molecule has 164 valence electrons. The van der Waals surface area contributed by atoms with Gasteiger partial charge in [-0.2, -0.15) is 9.98 Å². The van der Waals surface area contributed by atoms with Gasteiger partial charge >= 0.3 is 6.03 Å². The Kier molecular flexibility index (Phi) is 6.83. The first-order valence-electron chi connectivity index (χ1n) is 9.57. The van der Waals surface area contributed by atoms with Crippen LogP contribution in [0.3, 0.4) is 0 Å². The van der Waals surface area contributed by atoms with Gasteiger partial charge in [-0.3, -0.25) is 10.1 Å². The number of pyridine rings is 2. The lowest BCUT2D eigenvalue weighted by molar-refractivity contribution is 0.100. The van der Waals surface area contributed by atoms with Gasteiger partial charge in [-0.1, -0.05) is 12.1 Å². The highest BCUT2D eigenvalue weighted by Crippen LogP contribution is 2.28. The Hall–Kier alpha value is -4.21. The Labute approximate surface area is 184 Å². The zero-order valence-corrected chi connectivity index (χ0v) is 18.1. The number of aromatic nitrogens is 2. The predicted molar refractivity (Wildman–Crippen MR) is 123 cm³/mol. The molecule has 0 aliphatic rings. The molecule has 0 bridgehead atoms. The molecule has 9 nitrogen and oxygen atoms in total. The molecule has 3 rings (SSSR count). The van der Waals surface area contributed by atoms with Crippen LogP contribution < -0.4 is 5.32 Å². The van der Waals surface area contributed by atoms with E-state index < -0.39 is 17.8 Å². The Morgan fingerprint density at radius 2 is 1.75 bits per heavy atom. The van der Waals surface area contributed by atoms with E-state index in [1.165, 1.54) is 31.0 Å². The van der Waals surface area contributed by atoms with Gasteiger partial charge in [0.25, 0.3) is 5.91 Å². The highest BCUT2D eigenvalue weighted by Gasteiger charge is 2.17. The van der Waals surface area contributed by atoms with E-state index in [1.807, 2.05) is 0 Å². The zero-order valence-electron chi connectivity index (χ0n) is 18.1. The second-order valence-corrected chi connectivity index (χ2v) is 7.28. The third-order valence-corrected chi connectivity index (χ3v) is 4.12. The van der Waals surface area contributed by atoms with Crippen molar-refractivity contribution in [1.82, 2.24) is 19.8 Å². The van der Waals surface area contributed by atoms with Gasteiger partial charge in [0, 0.05) is 45.3 Å². The summed E-state index contributed by atoms with van der Waals surface area (Å²) in [7, 11) is 6.94.